The summed E-state index contributed by atoms with van der Waals surface area (Å²) in [5.74, 6) is -0.212. The lowest BCUT2D eigenvalue weighted by molar-refractivity contribution is 0.338. The van der Waals surface area contributed by atoms with Gasteiger partial charge in [-0.15, -0.1) is 17.0 Å². The molecule has 23 heavy (non-hydrogen) atoms. The summed E-state index contributed by atoms with van der Waals surface area (Å²) in [6, 6.07) is 8.66. The summed E-state index contributed by atoms with van der Waals surface area (Å²) in [5, 5.41) is 29.5. The SMILES string of the molecule is Br.CN1CCc2c(cc(O)c(O)c2Cl)C(c2ccc(O)cc2)C1. The van der Waals surface area contributed by atoms with Crippen molar-refractivity contribution in [2.45, 2.75) is 12.3 Å². The minimum Gasteiger partial charge on any atom is -0.508 e. The van der Waals surface area contributed by atoms with Gasteiger partial charge in [0.05, 0.1) is 5.02 Å². The Morgan fingerprint density at radius 2 is 1.78 bits per heavy atom. The van der Waals surface area contributed by atoms with Gasteiger partial charge in [-0.05, 0) is 48.4 Å². The van der Waals surface area contributed by atoms with Gasteiger partial charge in [0.15, 0.2) is 11.5 Å². The average Bonchev–Trinajstić information content (AvgIpc) is 2.65. The first-order chi connectivity index (χ1) is 10.5. The minimum atomic E-state index is -0.255. The molecule has 0 aliphatic carbocycles. The fourth-order valence-electron chi connectivity index (χ4n) is 3.05. The van der Waals surface area contributed by atoms with Crippen LogP contribution in [0, 0.1) is 0 Å². The van der Waals surface area contributed by atoms with Gasteiger partial charge in [-0.2, -0.15) is 0 Å². The summed E-state index contributed by atoms with van der Waals surface area (Å²) in [7, 11) is 2.03. The number of hydrogen-bond acceptors (Lipinski definition) is 4. The maximum atomic E-state index is 9.93. The van der Waals surface area contributed by atoms with Gasteiger partial charge in [0.25, 0.3) is 0 Å². The number of benzene rings is 2. The van der Waals surface area contributed by atoms with Gasteiger partial charge < -0.3 is 20.2 Å². The number of nitrogens with zero attached hydrogens (tertiary/aromatic N) is 1. The Labute approximate surface area is 150 Å². The van der Waals surface area contributed by atoms with Gasteiger partial charge in [0, 0.05) is 19.0 Å². The van der Waals surface area contributed by atoms with Gasteiger partial charge in [0.2, 0.25) is 0 Å². The number of likely N-dealkylation sites (N-methyl/N-ethyl adjacent to an activating group) is 1. The van der Waals surface area contributed by atoms with Crippen LogP contribution in [0.5, 0.6) is 17.2 Å². The maximum absolute atomic E-state index is 9.93. The monoisotopic (exact) mass is 399 g/mol. The van der Waals surface area contributed by atoms with Crippen molar-refractivity contribution in [3.05, 3.63) is 52.0 Å². The zero-order valence-corrected chi connectivity index (χ0v) is 15.1. The summed E-state index contributed by atoms with van der Waals surface area (Å²) in [6.07, 6.45) is 0.715. The Morgan fingerprint density at radius 3 is 2.43 bits per heavy atom. The topological polar surface area (TPSA) is 63.9 Å². The van der Waals surface area contributed by atoms with Crippen LogP contribution in [0.4, 0.5) is 0 Å². The molecule has 0 aromatic heterocycles. The van der Waals surface area contributed by atoms with Crippen LogP contribution in [0.1, 0.15) is 22.6 Å². The van der Waals surface area contributed by atoms with Crippen molar-refractivity contribution < 1.29 is 15.3 Å². The second-order valence-electron chi connectivity index (χ2n) is 5.78. The number of phenols is 3. The van der Waals surface area contributed by atoms with Crippen molar-refractivity contribution in [1.82, 2.24) is 4.90 Å². The van der Waals surface area contributed by atoms with Crippen molar-refractivity contribution in [1.29, 1.82) is 0 Å². The van der Waals surface area contributed by atoms with Gasteiger partial charge in [-0.25, -0.2) is 0 Å². The molecule has 0 saturated heterocycles. The summed E-state index contributed by atoms with van der Waals surface area (Å²) in [4.78, 5) is 2.20. The predicted molar refractivity (Wildman–Crippen MR) is 96.3 cm³/mol. The van der Waals surface area contributed by atoms with E-state index < -0.39 is 0 Å². The van der Waals surface area contributed by atoms with E-state index >= 15 is 0 Å². The molecular formula is C17H19BrClNO3. The second kappa shape index (κ2) is 6.99. The second-order valence-corrected chi connectivity index (χ2v) is 6.16. The standard InChI is InChI=1S/C17H18ClNO3.BrH/c1-19-7-6-12-13(8-15(21)17(22)16(12)18)14(9-19)10-2-4-11(20)5-3-10;/h2-5,8,14,20-22H,6-7,9H2,1H3;1H. The number of phenolic OH excluding ortho intramolecular Hbond substituents is 3. The van der Waals surface area contributed by atoms with Gasteiger partial charge in [0.1, 0.15) is 5.75 Å². The molecule has 3 N–H and O–H groups in total. The van der Waals surface area contributed by atoms with Gasteiger partial charge in [-0.1, -0.05) is 23.7 Å². The first-order valence-electron chi connectivity index (χ1n) is 7.18. The van der Waals surface area contributed by atoms with Crippen LogP contribution in [-0.4, -0.2) is 40.4 Å². The molecule has 1 aliphatic heterocycles. The lowest BCUT2D eigenvalue weighted by atomic mass is 9.87. The predicted octanol–water partition coefficient (Wildman–Crippen LogP) is 3.65. The third-order valence-corrected chi connectivity index (χ3v) is 4.67. The summed E-state index contributed by atoms with van der Waals surface area (Å²) in [5.41, 5.74) is 2.84. The van der Waals surface area contributed by atoms with E-state index in [0.717, 1.165) is 29.8 Å². The van der Waals surface area contributed by atoms with Crippen LogP contribution in [0.2, 0.25) is 5.02 Å². The molecule has 0 radical (unpaired) electrons. The Kier molecular flexibility index (Phi) is 5.45. The lowest BCUT2D eigenvalue weighted by Crippen LogP contribution is -2.24. The molecule has 6 heteroatoms. The first-order valence-corrected chi connectivity index (χ1v) is 7.56. The summed E-state index contributed by atoms with van der Waals surface area (Å²) in [6.45, 7) is 1.60. The highest BCUT2D eigenvalue weighted by Crippen LogP contribution is 2.43. The fourth-order valence-corrected chi connectivity index (χ4v) is 3.35. The molecule has 0 spiro atoms. The van der Waals surface area contributed by atoms with E-state index in [0.29, 0.717) is 6.42 Å². The van der Waals surface area contributed by atoms with Crippen molar-refractivity contribution in [2.24, 2.45) is 0 Å². The lowest BCUT2D eigenvalue weighted by Gasteiger charge is -2.22. The van der Waals surface area contributed by atoms with Crippen LogP contribution >= 0.6 is 28.6 Å². The zero-order chi connectivity index (χ0) is 15.9. The zero-order valence-electron chi connectivity index (χ0n) is 12.7. The van der Waals surface area contributed by atoms with Crippen molar-refractivity contribution in [2.75, 3.05) is 20.1 Å². The quantitative estimate of drug-likeness (QED) is 0.639. The molecule has 0 bridgehead atoms. The van der Waals surface area contributed by atoms with Crippen molar-refractivity contribution in [3.63, 3.8) is 0 Å². The Morgan fingerprint density at radius 1 is 1.13 bits per heavy atom. The average molecular weight is 401 g/mol. The molecule has 4 nitrogen and oxygen atoms in total. The number of fused-ring (bicyclic) bond motifs is 1. The molecule has 2 aromatic rings. The highest BCUT2D eigenvalue weighted by Gasteiger charge is 2.27. The molecule has 1 atom stereocenters. The maximum Gasteiger partial charge on any atom is 0.176 e. The molecule has 0 fully saturated rings. The van der Waals surface area contributed by atoms with Gasteiger partial charge >= 0.3 is 0 Å². The molecular weight excluding hydrogens is 382 g/mol. The highest BCUT2D eigenvalue weighted by molar-refractivity contribution is 8.93. The molecule has 3 rings (SSSR count). The molecule has 0 amide bonds. The number of halogens is 2. The Bertz CT molecular complexity index is 706. The van der Waals surface area contributed by atoms with E-state index in [1.165, 1.54) is 0 Å². The number of rotatable bonds is 1. The third kappa shape index (κ3) is 3.42. The highest BCUT2D eigenvalue weighted by atomic mass is 79.9. The Balaban J connectivity index is 0.00000192. The van der Waals surface area contributed by atoms with Crippen molar-refractivity contribution in [3.8, 4) is 17.2 Å². The molecule has 1 aliphatic rings. The van der Waals surface area contributed by atoms with Crippen molar-refractivity contribution >= 4 is 28.6 Å². The molecule has 2 aromatic carbocycles. The van der Waals surface area contributed by atoms with Crippen LogP contribution in [-0.2, 0) is 6.42 Å². The third-order valence-electron chi connectivity index (χ3n) is 4.26. The van der Waals surface area contributed by atoms with E-state index in [1.807, 2.05) is 19.2 Å². The van der Waals surface area contributed by atoms with Crippen LogP contribution in [0.3, 0.4) is 0 Å². The molecule has 124 valence electrons. The van der Waals surface area contributed by atoms with E-state index in [9.17, 15) is 15.3 Å². The molecule has 0 saturated carbocycles. The summed E-state index contributed by atoms with van der Waals surface area (Å²) >= 11 is 6.25. The van der Waals surface area contributed by atoms with Gasteiger partial charge in [-0.3, -0.25) is 0 Å². The van der Waals surface area contributed by atoms with Crippen LogP contribution < -0.4 is 0 Å². The minimum absolute atomic E-state index is 0. The number of hydrogen-bond donors (Lipinski definition) is 3. The van der Waals surface area contributed by atoms with Crippen LogP contribution in [0.25, 0.3) is 0 Å². The fraction of sp³-hybridized carbons (Fsp3) is 0.294. The first kappa shape index (κ1) is 17.9. The normalized spacial score (nSPS) is 17.9. The summed E-state index contributed by atoms with van der Waals surface area (Å²) < 4.78 is 0. The smallest absolute Gasteiger partial charge is 0.176 e. The van der Waals surface area contributed by atoms with E-state index in [-0.39, 0.29) is 45.2 Å². The molecule has 1 heterocycles. The van der Waals surface area contributed by atoms with E-state index in [2.05, 4.69) is 4.90 Å². The largest absolute Gasteiger partial charge is 0.508 e. The van der Waals surface area contributed by atoms with E-state index in [4.69, 9.17) is 11.6 Å². The van der Waals surface area contributed by atoms with E-state index in [1.54, 1.807) is 18.2 Å². The van der Waals surface area contributed by atoms with Crippen LogP contribution in [0.15, 0.2) is 30.3 Å². The molecule has 1 unspecified atom stereocenters. The Hall–Kier alpha value is -1.43. The number of aromatic hydroxyl groups is 3.